The Morgan fingerprint density at radius 2 is 2.05 bits per heavy atom. The van der Waals surface area contributed by atoms with Crippen molar-refractivity contribution in [2.75, 3.05) is 26.2 Å². The second-order valence-corrected chi connectivity index (χ2v) is 5.73. The first kappa shape index (κ1) is 16.0. The van der Waals surface area contributed by atoms with Crippen molar-refractivity contribution in [3.63, 3.8) is 0 Å². The van der Waals surface area contributed by atoms with E-state index in [0.717, 1.165) is 50.1 Å². The highest BCUT2D eigenvalue weighted by molar-refractivity contribution is 5.94. The number of carbonyl (C=O) groups excluding carboxylic acids is 1. The molecule has 1 heterocycles. The predicted octanol–water partition coefficient (Wildman–Crippen LogP) is 2.19. The van der Waals surface area contributed by atoms with E-state index in [1.165, 1.54) is 5.56 Å². The van der Waals surface area contributed by atoms with Gasteiger partial charge in [0.25, 0.3) is 5.91 Å². The highest BCUT2D eigenvalue weighted by Crippen LogP contribution is 2.10. The number of rotatable bonds is 6. The fraction of sp³-hybridized carbons (Fsp3) is 0.588. The molecule has 0 atom stereocenters. The Labute approximate surface area is 127 Å². The summed E-state index contributed by atoms with van der Waals surface area (Å²) in [4.78, 5) is 12.0. The molecule has 4 nitrogen and oxygen atoms in total. The lowest BCUT2D eigenvalue weighted by atomic mass is 10.1. The molecule has 1 aromatic carbocycles. The highest BCUT2D eigenvalue weighted by atomic mass is 16.5. The molecule has 0 radical (unpaired) electrons. The molecular formula is C17H26N2O2. The zero-order valence-electron chi connectivity index (χ0n) is 13.1. The van der Waals surface area contributed by atoms with Gasteiger partial charge in [0.05, 0.1) is 6.10 Å². The van der Waals surface area contributed by atoms with Gasteiger partial charge in [0, 0.05) is 18.7 Å². The Bertz CT molecular complexity index is 468. The molecule has 0 aliphatic carbocycles. The molecule has 1 aromatic rings. The van der Waals surface area contributed by atoms with Crippen LogP contribution in [0.5, 0.6) is 0 Å². The lowest BCUT2D eigenvalue weighted by Gasteiger charge is -2.22. The minimum Gasteiger partial charge on any atom is -0.378 e. The number of amides is 1. The molecule has 2 rings (SSSR count). The first-order valence-electron chi connectivity index (χ1n) is 7.84. The summed E-state index contributed by atoms with van der Waals surface area (Å²) in [6, 6.07) is 5.81. The van der Waals surface area contributed by atoms with Crippen molar-refractivity contribution < 1.29 is 9.53 Å². The van der Waals surface area contributed by atoms with E-state index in [4.69, 9.17) is 4.74 Å². The van der Waals surface area contributed by atoms with E-state index in [1.54, 1.807) is 0 Å². The van der Waals surface area contributed by atoms with E-state index >= 15 is 0 Å². The monoisotopic (exact) mass is 290 g/mol. The summed E-state index contributed by atoms with van der Waals surface area (Å²) in [7, 11) is 0. The van der Waals surface area contributed by atoms with Crippen molar-refractivity contribution in [3.05, 3.63) is 34.9 Å². The van der Waals surface area contributed by atoms with E-state index in [2.05, 4.69) is 17.6 Å². The summed E-state index contributed by atoms with van der Waals surface area (Å²) < 4.78 is 5.81. The van der Waals surface area contributed by atoms with E-state index < -0.39 is 0 Å². The van der Waals surface area contributed by atoms with Gasteiger partial charge in [-0.15, -0.1) is 0 Å². The van der Waals surface area contributed by atoms with Gasteiger partial charge in [0.2, 0.25) is 0 Å². The normalized spacial score (nSPS) is 15.9. The molecule has 4 heteroatoms. The van der Waals surface area contributed by atoms with E-state index in [-0.39, 0.29) is 5.91 Å². The fourth-order valence-electron chi connectivity index (χ4n) is 2.47. The van der Waals surface area contributed by atoms with Gasteiger partial charge < -0.3 is 15.4 Å². The van der Waals surface area contributed by atoms with Gasteiger partial charge in [-0.3, -0.25) is 4.79 Å². The summed E-state index contributed by atoms with van der Waals surface area (Å²) in [6.45, 7) is 7.56. The van der Waals surface area contributed by atoms with Crippen LogP contribution in [0.25, 0.3) is 0 Å². The second kappa shape index (κ2) is 8.15. The molecule has 116 valence electrons. The Morgan fingerprint density at radius 3 is 2.76 bits per heavy atom. The van der Waals surface area contributed by atoms with Crippen LogP contribution in [0, 0.1) is 13.8 Å². The van der Waals surface area contributed by atoms with E-state index in [1.807, 2.05) is 25.1 Å². The zero-order valence-corrected chi connectivity index (χ0v) is 13.1. The van der Waals surface area contributed by atoms with Gasteiger partial charge in [0.1, 0.15) is 0 Å². The lowest BCUT2D eigenvalue weighted by molar-refractivity contribution is 0.0318. The predicted molar refractivity (Wildman–Crippen MR) is 84.7 cm³/mol. The maximum atomic E-state index is 12.0. The minimum atomic E-state index is -0.0000311. The van der Waals surface area contributed by atoms with Crippen LogP contribution in [0.3, 0.4) is 0 Å². The average molecular weight is 290 g/mol. The number of nitrogens with one attached hydrogen (secondary N) is 2. The SMILES string of the molecule is Cc1ccc(C(=O)NCCCOC2CCNCC2)cc1C. The number of carbonyl (C=O) groups is 1. The van der Waals surface area contributed by atoms with Crippen LogP contribution in [0.4, 0.5) is 0 Å². The molecule has 1 aliphatic heterocycles. The molecule has 0 saturated carbocycles. The van der Waals surface area contributed by atoms with Crippen LogP contribution in [0.1, 0.15) is 40.7 Å². The summed E-state index contributed by atoms with van der Waals surface area (Å²) in [5.41, 5.74) is 3.09. The summed E-state index contributed by atoms with van der Waals surface area (Å²) >= 11 is 0. The maximum Gasteiger partial charge on any atom is 0.251 e. The first-order chi connectivity index (χ1) is 10.2. The van der Waals surface area contributed by atoms with Gasteiger partial charge in [0.15, 0.2) is 0 Å². The number of aryl methyl sites for hydroxylation is 2. The van der Waals surface area contributed by atoms with Crippen LogP contribution >= 0.6 is 0 Å². The summed E-state index contributed by atoms with van der Waals surface area (Å²) in [5.74, 6) is -0.0000311. The van der Waals surface area contributed by atoms with Crippen LogP contribution in [0.15, 0.2) is 18.2 Å². The maximum absolute atomic E-state index is 12.0. The number of hydrogen-bond donors (Lipinski definition) is 2. The van der Waals surface area contributed by atoms with E-state index in [9.17, 15) is 4.79 Å². The number of ether oxygens (including phenoxy) is 1. The van der Waals surface area contributed by atoms with Crippen molar-refractivity contribution >= 4 is 5.91 Å². The van der Waals surface area contributed by atoms with Crippen LogP contribution in [-0.2, 0) is 4.74 Å². The summed E-state index contributed by atoms with van der Waals surface area (Å²) in [5, 5.41) is 6.27. The number of benzene rings is 1. The van der Waals surface area contributed by atoms with Gasteiger partial charge in [-0.25, -0.2) is 0 Å². The topological polar surface area (TPSA) is 50.4 Å². The van der Waals surface area contributed by atoms with Crippen LogP contribution in [-0.4, -0.2) is 38.3 Å². The molecular weight excluding hydrogens is 264 g/mol. The lowest BCUT2D eigenvalue weighted by Crippen LogP contribution is -2.33. The van der Waals surface area contributed by atoms with Crippen molar-refractivity contribution in [3.8, 4) is 0 Å². The standard InChI is InChI=1S/C17H26N2O2/c1-13-4-5-15(12-14(13)2)17(20)19-8-3-11-21-16-6-9-18-10-7-16/h4-5,12,16,18H,3,6-11H2,1-2H3,(H,19,20). The minimum absolute atomic E-state index is 0.0000311. The van der Waals surface area contributed by atoms with Crippen molar-refractivity contribution in [1.82, 2.24) is 10.6 Å². The van der Waals surface area contributed by atoms with Crippen LogP contribution in [0.2, 0.25) is 0 Å². The third-order valence-electron chi connectivity index (χ3n) is 4.02. The third kappa shape index (κ3) is 5.14. The van der Waals surface area contributed by atoms with E-state index in [0.29, 0.717) is 12.6 Å². The third-order valence-corrected chi connectivity index (χ3v) is 4.02. The van der Waals surface area contributed by atoms with Crippen molar-refractivity contribution in [2.24, 2.45) is 0 Å². The molecule has 1 amide bonds. The van der Waals surface area contributed by atoms with Gasteiger partial charge >= 0.3 is 0 Å². The molecule has 1 saturated heterocycles. The Kier molecular flexibility index (Phi) is 6.21. The Balaban J connectivity index is 1.63. The van der Waals surface area contributed by atoms with Crippen molar-refractivity contribution in [2.45, 2.75) is 39.2 Å². The molecule has 0 bridgehead atoms. The molecule has 0 aromatic heterocycles. The van der Waals surface area contributed by atoms with Gasteiger partial charge in [-0.05, 0) is 69.5 Å². The zero-order chi connectivity index (χ0) is 15.1. The van der Waals surface area contributed by atoms with Gasteiger partial charge in [-0.1, -0.05) is 6.07 Å². The first-order valence-corrected chi connectivity index (χ1v) is 7.84. The summed E-state index contributed by atoms with van der Waals surface area (Å²) in [6.07, 6.45) is 3.44. The smallest absolute Gasteiger partial charge is 0.251 e. The largest absolute Gasteiger partial charge is 0.378 e. The van der Waals surface area contributed by atoms with Crippen LogP contribution < -0.4 is 10.6 Å². The molecule has 2 N–H and O–H groups in total. The number of piperidine rings is 1. The molecule has 0 unspecified atom stereocenters. The molecule has 1 aliphatic rings. The molecule has 0 spiro atoms. The number of hydrogen-bond acceptors (Lipinski definition) is 3. The highest BCUT2D eigenvalue weighted by Gasteiger charge is 2.12. The Hall–Kier alpha value is -1.39. The molecule has 1 fully saturated rings. The second-order valence-electron chi connectivity index (χ2n) is 5.73. The van der Waals surface area contributed by atoms with Gasteiger partial charge in [-0.2, -0.15) is 0 Å². The molecule has 21 heavy (non-hydrogen) atoms. The average Bonchev–Trinajstić information content (AvgIpc) is 2.50. The van der Waals surface area contributed by atoms with Crippen molar-refractivity contribution in [1.29, 1.82) is 0 Å². The fourth-order valence-corrected chi connectivity index (χ4v) is 2.47. The Morgan fingerprint density at radius 1 is 1.29 bits per heavy atom. The quantitative estimate of drug-likeness (QED) is 0.790.